The Morgan fingerprint density at radius 3 is 2.59 bits per heavy atom. The van der Waals surface area contributed by atoms with Crippen LogP contribution in [-0.2, 0) is 29.1 Å². The van der Waals surface area contributed by atoms with Gasteiger partial charge in [-0.05, 0) is 89.6 Å². The van der Waals surface area contributed by atoms with E-state index in [2.05, 4.69) is 15.4 Å². The van der Waals surface area contributed by atoms with E-state index in [4.69, 9.17) is 23.6 Å². The number of nitrogens with zero attached hydrogens (tertiary/aromatic N) is 2. The van der Waals surface area contributed by atoms with E-state index in [9.17, 15) is 32.0 Å². The molecule has 17 heteroatoms. The number of halogens is 1. The van der Waals surface area contributed by atoms with Crippen molar-refractivity contribution in [1.29, 1.82) is 0 Å². The van der Waals surface area contributed by atoms with Crippen molar-refractivity contribution in [3.05, 3.63) is 54.4 Å². The summed E-state index contributed by atoms with van der Waals surface area (Å²) in [6.07, 6.45) is 5.98. The number of allylic oxidation sites excluding steroid dienone is 1. The molecule has 3 fully saturated rings. The SMILES string of the molecule is COc1cccc2c1oc1c(O[C@H]3C[C@H]4C(=O)N[C@]5(C(=O)NS(=O)(=O)C6CC6)C[C@H]5/C=C\CCCCC[C@@H](NC(=O)OC(C)(C)C)C(=O)N4C3)c3cc(F)ccc3nc12. The van der Waals surface area contributed by atoms with Crippen LogP contribution in [0.1, 0.15) is 78.6 Å². The van der Waals surface area contributed by atoms with E-state index in [1.807, 2.05) is 18.2 Å². The van der Waals surface area contributed by atoms with Crippen LogP contribution in [0.5, 0.6) is 11.5 Å². The smallest absolute Gasteiger partial charge is 0.408 e. The summed E-state index contributed by atoms with van der Waals surface area (Å²) >= 11 is 0. The number of pyridine rings is 1. The maximum Gasteiger partial charge on any atom is 0.408 e. The van der Waals surface area contributed by atoms with E-state index in [-0.39, 0.29) is 37.1 Å². The van der Waals surface area contributed by atoms with E-state index in [1.165, 1.54) is 30.2 Å². The van der Waals surface area contributed by atoms with Crippen LogP contribution in [0.25, 0.3) is 33.0 Å². The molecule has 15 nitrogen and oxygen atoms in total. The van der Waals surface area contributed by atoms with Gasteiger partial charge in [0.1, 0.15) is 40.7 Å². The highest BCUT2D eigenvalue weighted by Gasteiger charge is 2.62. The lowest BCUT2D eigenvalue weighted by molar-refractivity contribution is -0.141. The molecule has 2 aliphatic heterocycles. The molecule has 4 aromatic rings. The fraction of sp³-hybridized carbons (Fsp3) is 0.500. The molecular weight excluding hydrogens is 786 g/mol. The molecule has 0 bridgehead atoms. The highest BCUT2D eigenvalue weighted by Crippen LogP contribution is 2.47. The van der Waals surface area contributed by atoms with Crippen LogP contribution in [-0.4, -0.2) is 90.3 Å². The molecule has 59 heavy (non-hydrogen) atoms. The lowest BCUT2D eigenvalue weighted by atomic mass is 10.0. The molecule has 0 spiro atoms. The fourth-order valence-corrected chi connectivity index (χ4v) is 9.48. The summed E-state index contributed by atoms with van der Waals surface area (Å²) in [7, 11) is -2.44. The van der Waals surface area contributed by atoms with Crippen molar-refractivity contribution in [3.8, 4) is 11.5 Å². The number of nitrogens with one attached hydrogen (secondary N) is 3. The average Bonchev–Trinajstić information content (AvgIpc) is 4.07. The van der Waals surface area contributed by atoms with Crippen molar-refractivity contribution >= 4 is 66.8 Å². The molecular formula is C42H48FN5O10S. The zero-order chi connectivity index (χ0) is 41.9. The fourth-order valence-electron chi connectivity index (χ4n) is 8.12. The lowest BCUT2D eigenvalue weighted by Crippen LogP contribution is -2.58. The number of benzene rings is 2. The third-order valence-electron chi connectivity index (χ3n) is 11.3. The summed E-state index contributed by atoms with van der Waals surface area (Å²) in [6, 6.07) is 7.09. The number of hydrogen-bond acceptors (Lipinski definition) is 11. The summed E-state index contributed by atoms with van der Waals surface area (Å²) in [5.41, 5.74) is -0.996. The minimum Gasteiger partial charge on any atom is -0.493 e. The standard InChI is InChI=1S/C42H48FN5O10S/c1-41(2,3)58-40(52)45-30-13-9-7-5-6-8-11-23-21-42(23,39(51)47-59(53,54)26-16-17-26)46-37(49)31-20-25(22-48(31)38(30)50)56-35-28-19-24(43)15-18-29(28)44-33-27-12-10-14-32(55-4)34(27)57-36(33)35/h8,10-12,14-15,18-19,23,25-26,30-31H,5-7,9,13,16-17,20-22H2,1-4H3,(H,45,52)(H,46,49)(H,47,51)/b11-8-/t23-,25+,30-,31+,42-/m1/s1. The summed E-state index contributed by atoms with van der Waals surface area (Å²) < 4.78 is 67.0. The van der Waals surface area contributed by atoms with E-state index in [0.717, 1.165) is 12.8 Å². The number of methoxy groups -OCH3 is 1. The Labute approximate surface area is 340 Å². The van der Waals surface area contributed by atoms with Gasteiger partial charge in [0.25, 0.3) is 5.91 Å². The first-order chi connectivity index (χ1) is 28.1. The number of carbonyl (C=O) groups is 4. The summed E-state index contributed by atoms with van der Waals surface area (Å²) in [4.78, 5) is 62.3. The predicted molar refractivity (Wildman–Crippen MR) is 215 cm³/mol. The molecule has 2 saturated carbocycles. The average molecular weight is 834 g/mol. The Morgan fingerprint density at radius 1 is 1.05 bits per heavy atom. The van der Waals surface area contributed by atoms with Crippen LogP contribution in [0, 0.1) is 11.7 Å². The molecule has 8 rings (SSSR count). The maximum atomic E-state index is 14.9. The minimum atomic E-state index is -3.95. The number of amides is 4. The lowest BCUT2D eigenvalue weighted by Gasteiger charge is -2.30. The quantitative estimate of drug-likeness (QED) is 0.198. The third-order valence-corrected chi connectivity index (χ3v) is 13.2. The first kappa shape index (κ1) is 40.3. The number of sulfonamides is 1. The molecule has 2 aromatic heterocycles. The molecule has 314 valence electrons. The number of ether oxygens (including phenoxy) is 3. The number of carbonyl (C=O) groups excluding carboxylic acids is 4. The van der Waals surface area contributed by atoms with E-state index >= 15 is 0 Å². The number of hydrogen-bond donors (Lipinski definition) is 3. The molecule has 4 aliphatic rings. The van der Waals surface area contributed by atoms with Crippen LogP contribution < -0.4 is 24.8 Å². The molecule has 4 amide bonds. The zero-order valence-corrected chi connectivity index (χ0v) is 34.2. The number of furan rings is 1. The van der Waals surface area contributed by atoms with Crippen LogP contribution in [0.2, 0.25) is 0 Å². The number of rotatable bonds is 7. The van der Waals surface area contributed by atoms with Crippen LogP contribution in [0.15, 0.2) is 53.0 Å². The van der Waals surface area contributed by atoms with Crippen LogP contribution >= 0.6 is 0 Å². The highest BCUT2D eigenvalue weighted by molar-refractivity contribution is 7.91. The van der Waals surface area contributed by atoms with Gasteiger partial charge in [-0.3, -0.25) is 19.1 Å². The van der Waals surface area contributed by atoms with Crippen molar-refractivity contribution in [2.24, 2.45) is 5.92 Å². The molecule has 1 saturated heterocycles. The van der Waals surface area contributed by atoms with Gasteiger partial charge in [-0.2, -0.15) is 0 Å². The van der Waals surface area contributed by atoms with Gasteiger partial charge in [-0.1, -0.05) is 31.1 Å². The molecule has 0 radical (unpaired) electrons. The van der Waals surface area contributed by atoms with Gasteiger partial charge in [-0.25, -0.2) is 22.6 Å². The summed E-state index contributed by atoms with van der Waals surface area (Å²) in [5.74, 6) is -2.56. The molecule has 2 aliphatic carbocycles. The number of alkyl carbamates (subject to hydrolysis) is 1. The number of fused-ring (bicyclic) bond motifs is 6. The van der Waals surface area contributed by atoms with Gasteiger partial charge in [0.15, 0.2) is 22.7 Å². The monoisotopic (exact) mass is 833 g/mol. The topological polar surface area (TPSA) is 195 Å². The number of para-hydroxylation sites is 1. The first-order valence-electron chi connectivity index (χ1n) is 20.1. The highest BCUT2D eigenvalue weighted by atomic mass is 32.2. The Morgan fingerprint density at radius 2 is 1.85 bits per heavy atom. The van der Waals surface area contributed by atoms with Crippen LogP contribution in [0.3, 0.4) is 0 Å². The van der Waals surface area contributed by atoms with Crippen molar-refractivity contribution < 1.29 is 50.6 Å². The van der Waals surface area contributed by atoms with Gasteiger partial charge >= 0.3 is 6.09 Å². The van der Waals surface area contributed by atoms with Gasteiger partial charge in [0, 0.05) is 17.7 Å². The Balaban J connectivity index is 1.17. The van der Waals surface area contributed by atoms with Gasteiger partial charge in [0.2, 0.25) is 21.8 Å². The predicted octanol–water partition coefficient (Wildman–Crippen LogP) is 5.53. The molecule has 3 N–H and O–H groups in total. The van der Waals surface area contributed by atoms with Gasteiger partial charge < -0.3 is 34.2 Å². The molecule has 0 unspecified atom stereocenters. The second-order valence-corrected chi connectivity index (χ2v) is 18.9. The molecule has 4 heterocycles. The largest absolute Gasteiger partial charge is 0.493 e. The van der Waals surface area contributed by atoms with E-state index in [0.29, 0.717) is 58.8 Å². The van der Waals surface area contributed by atoms with Crippen LogP contribution in [0.4, 0.5) is 9.18 Å². The Hall–Kier alpha value is -5.45. The Kier molecular flexibility index (Phi) is 10.5. The van der Waals surface area contributed by atoms with Gasteiger partial charge in [-0.15, -0.1) is 0 Å². The number of aromatic nitrogens is 1. The second-order valence-electron chi connectivity index (χ2n) is 16.9. The van der Waals surface area contributed by atoms with Crippen molar-refractivity contribution in [2.45, 2.75) is 113 Å². The van der Waals surface area contributed by atoms with Crippen molar-refractivity contribution in [1.82, 2.24) is 25.2 Å². The van der Waals surface area contributed by atoms with E-state index in [1.54, 1.807) is 32.9 Å². The zero-order valence-electron chi connectivity index (χ0n) is 33.3. The Bertz CT molecular complexity index is 2500. The third kappa shape index (κ3) is 8.13. The van der Waals surface area contributed by atoms with Crippen molar-refractivity contribution in [2.75, 3.05) is 13.7 Å². The first-order valence-corrected chi connectivity index (χ1v) is 21.6. The maximum absolute atomic E-state index is 14.9. The second kappa shape index (κ2) is 15.3. The molecule has 2 aromatic carbocycles. The van der Waals surface area contributed by atoms with E-state index < -0.39 is 80.2 Å². The van der Waals surface area contributed by atoms with Crippen molar-refractivity contribution in [3.63, 3.8) is 0 Å². The minimum absolute atomic E-state index is 0.0838. The summed E-state index contributed by atoms with van der Waals surface area (Å²) in [6.45, 7) is 4.97. The summed E-state index contributed by atoms with van der Waals surface area (Å²) in [5, 5.41) is 5.84. The molecule has 5 atom stereocenters. The van der Waals surface area contributed by atoms with Gasteiger partial charge in [0.05, 0.1) is 29.8 Å². The normalized spacial score (nSPS) is 25.9.